The Labute approximate surface area is 106 Å². The Morgan fingerprint density at radius 2 is 1.50 bits per heavy atom. The van der Waals surface area contributed by atoms with Gasteiger partial charge in [-0.2, -0.15) is 0 Å². The summed E-state index contributed by atoms with van der Waals surface area (Å²) in [6, 6.07) is 18.7. The van der Waals surface area contributed by atoms with Crippen LogP contribution in [0.1, 0.15) is 5.56 Å². The molecule has 3 nitrogen and oxygen atoms in total. The molecule has 0 heterocycles. The van der Waals surface area contributed by atoms with Crippen molar-refractivity contribution in [2.24, 2.45) is 0 Å². The highest BCUT2D eigenvalue weighted by molar-refractivity contribution is 5.71. The van der Waals surface area contributed by atoms with Crippen LogP contribution in [0.3, 0.4) is 0 Å². The molecule has 0 fully saturated rings. The van der Waals surface area contributed by atoms with Gasteiger partial charge in [0.05, 0.1) is 0 Å². The summed E-state index contributed by atoms with van der Waals surface area (Å²) >= 11 is 0. The van der Waals surface area contributed by atoms with Gasteiger partial charge in [0.25, 0.3) is 0 Å². The molecule has 92 valence electrons. The van der Waals surface area contributed by atoms with E-state index in [9.17, 15) is 4.79 Å². The van der Waals surface area contributed by atoms with Crippen molar-refractivity contribution < 1.29 is 14.3 Å². The van der Waals surface area contributed by atoms with Crippen LogP contribution < -0.4 is 4.74 Å². The minimum atomic E-state index is -0.372. The average molecular weight is 242 g/mol. The quantitative estimate of drug-likeness (QED) is 0.756. The summed E-state index contributed by atoms with van der Waals surface area (Å²) in [6.45, 7) is 0.203. The highest BCUT2D eigenvalue weighted by Crippen LogP contribution is 2.08. The molecule has 0 bridgehead atoms. The van der Waals surface area contributed by atoms with Gasteiger partial charge in [-0.25, -0.2) is 4.79 Å². The second-order valence-corrected chi connectivity index (χ2v) is 3.75. The van der Waals surface area contributed by atoms with Crippen molar-refractivity contribution in [2.45, 2.75) is 6.61 Å². The minimum Gasteiger partial charge on any atom is -0.482 e. The molecule has 0 atom stereocenters. The molecule has 0 aliphatic carbocycles. The largest absolute Gasteiger partial charge is 0.482 e. The third kappa shape index (κ3) is 3.94. The van der Waals surface area contributed by atoms with E-state index in [-0.39, 0.29) is 19.2 Å². The number of ether oxygens (including phenoxy) is 2. The minimum absolute atomic E-state index is 0.0726. The molecule has 3 heteroatoms. The molecule has 0 saturated heterocycles. The summed E-state index contributed by atoms with van der Waals surface area (Å²) in [5.74, 6) is 0.289. The van der Waals surface area contributed by atoms with Crippen LogP contribution in [0.5, 0.6) is 5.75 Å². The summed E-state index contributed by atoms with van der Waals surface area (Å²) in [5.41, 5.74) is 0.963. The van der Waals surface area contributed by atoms with Gasteiger partial charge in [0.1, 0.15) is 12.4 Å². The van der Waals surface area contributed by atoms with Gasteiger partial charge in [-0.05, 0) is 17.7 Å². The molecule has 0 aliphatic rings. The highest BCUT2D eigenvalue weighted by Gasteiger charge is 2.04. The first-order chi connectivity index (χ1) is 8.84. The van der Waals surface area contributed by atoms with Gasteiger partial charge in [-0.15, -0.1) is 0 Å². The van der Waals surface area contributed by atoms with E-state index in [0.717, 1.165) is 5.56 Å². The Morgan fingerprint density at radius 1 is 0.889 bits per heavy atom. The molecule has 0 unspecified atom stereocenters. The SMILES string of the molecule is O=C(COc1ccccc1)OCc1ccccc1. The van der Waals surface area contributed by atoms with Gasteiger partial charge < -0.3 is 9.47 Å². The van der Waals surface area contributed by atoms with Gasteiger partial charge in [-0.1, -0.05) is 48.5 Å². The van der Waals surface area contributed by atoms with Crippen LogP contribution in [0.2, 0.25) is 0 Å². The van der Waals surface area contributed by atoms with E-state index in [4.69, 9.17) is 9.47 Å². The van der Waals surface area contributed by atoms with Crippen LogP contribution >= 0.6 is 0 Å². The van der Waals surface area contributed by atoms with Crippen LogP contribution in [-0.4, -0.2) is 12.6 Å². The fourth-order valence-corrected chi connectivity index (χ4v) is 1.44. The van der Waals surface area contributed by atoms with E-state index in [1.54, 1.807) is 12.1 Å². The van der Waals surface area contributed by atoms with Crippen molar-refractivity contribution in [3.8, 4) is 5.75 Å². The van der Waals surface area contributed by atoms with Gasteiger partial charge in [0, 0.05) is 0 Å². The third-order valence-corrected chi connectivity index (χ3v) is 2.34. The van der Waals surface area contributed by atoms with Crippen LogP contribution in [-0.2, 0) is 16.1 Å². The number of benzene rings is 2. The first kappa shape index (κ1) is 12.2. The fraction of sp³-hybridized carbons (Fsp3) is 0.133. The van der Waals surface area contributed by atoms with E-state index in [1.807, 2.05) is 48.5 Å². The maximum Gasteiger partial charge on any atom is 0.344 e. The average Bonchev–Trinajstić information content (AvgIpc) is 2.45. The highest BCUT2D eigenvalue weighted by atomic mass is 16.6. The summed E-state index contributed by atoms with van der Waals surface area (Å²) in [4.78, 5) is 11.4. The van der Waals surface area contributed by atoms with Crippen molar-refractivity contribution in [3.05, 3.63) is 66.2 Å². The second kappa shape index (κ2) is 6.45. The second-order valence-electron chi connectivity index (χ2n) is 3.75. The standard InChI is InChI=1S/C15H14O3/c16-15(12-17-14-9-5-2-6-10-14)18-11-13-7-3-1-4-8-13/h1-10H,11-12H2. The summed E-state index contributed by atoms with van der Waals surface area (Å²) < 4.78 is 10.4. The third-order valence-electron chi connectivity index (χ3n) is 2.34. The Balaban J connectivity index is 1.73. The number of carbonyl (C=O) groups excluding carboxylic acids is 1. The van der Waals surface area contributed by atoms with Crippen LogP contribution in [0, 0.1) is 0 Å². The molecule has 2 rings (SSSR count). The van der Waals surface area contributed by atoms with Crippen molar-refractivity contribution >= 4 is 5.97 Å². The number of rotatable bonds is 5. The predicted molar refractivity (Wildman–Crippen MR) is 68.2 cm³/mol. The van der Waals surface area contributed by atoms with Gasteiger partial charge in [0.15, 0.2) is 6.61 Å². The molecule has 2 aromatic rings. The van der Waals surface area contributed by atoms with E-state index in [1.165, 1.54) is 0 Å². The van der Waals surface area contributed by atoms with E-state index < -0.39 is 0 Å². The van der Waals surface area contributed by atoms with Gasteiger partial charge in [-0.3, -0.25) is 0 Å². The zero-order chi connectivity index (χ0) is 12.6. The molecule has 0 N–H and O–H groups in total. The first-order valence-corrected chi connectivity index (χ1v) is 5.72. The zero-order valence-electron chi connectivity index (χ0n) is 9.91. The van der Waals surface area contributed by atoms with E-state index >= 15 is 0 Å². The molecule has 18 heavy (non-hydrogen) atoms. The lowest BCUT2D eigenvalue weighted by Gasteiger charge is -2.06. The van der Waals surface area contributed by atoms with Gasteiger partial charge in [0.2, 0.25) is 0 Å². The van der Waals surface area contributed by atoms with Crippen molar-refractivity contribution in [1.29, 1.82) is 0 Å². The molecule has 0 aliphatic heterocycles. The number of carbonyl (C=O) groups is 1. The summed E-state index contributed by atoms with van der Waals surface area (Å²) in [6.07, 6.45) is 0. The predicted octanol–water partition coefficient (Wildman–Crippen LogP) is 2.81. The maximum absolute atomic E-state index is 11.4. The van der Waals surface area contributed by atoms with Crippen LogP contribution in [0.15, 0.2) is 60.7 Å². The molecular formula is C15H14O3. The molecular weight excluding hydrogens is 228 g/mol. The van der Waals surface area contributed by atoms with Gasteiger partial charge >= 0.3 is 5.97 Å². The van der Waals surface area contributed by atoms with Crippen molar-refractivity contribution in [3.63, 3.8) is 0 Å². The monoisotopic (exact) mass is 242 g/mol. The first-order valence-electron chi connectivity index (χ1n) is 5.72. The Hall–Kier alpha value is -2.29. The lowest BCUT2D eigenvalue weighted by Crippen LogP contribution is -2.14. The smallest absolute Gasteiger partial charge is 0.344 e. The number of hydrogen-bond donors (Lipinski definition) is 0. The number of esters is 1. The Morgan fingerprint density at radius 3 is 2.17 bits per heavy atom. The zero-order valence-corrected chi connectivity index (χ0v) is 9.91. The molecule has 0 saturated carbocycles. The Bertz CT molecular complexity index is 434. The lowest BCUT2D eigenvalue weighted by atomic mass is 10.2. The topological polar surface area (TPSA) is 35.5 Å². The van der Waals surface area contributed by atoms with E-state index in [2.05, 4.69) is 0 Å². The lowest BCUT2D eigenvalue weighted by molar-refractivity contribution is -0.147. The number of para-hydroxylation sites is 1. The Kier molecular flexibility index (Phi) is 4.36. The molecule has 0 amide bonds. The van der Waals surface area contributed by atoms with Crippen LogP contribution in [0.4, 0.5) is 0 Å². The summed E-state index contributed by atoms with van der Waals surface area (Å²) in [7, 11) is 0. The molecule has 2 aromatic carbocycles. The van der Waals surface area contributed by atoms with E-state index in [0.29, 0.717) is 5.75 Å². The number of hydrogen-bond acceptors (Lipinski definition) is 3. The molecule has 0 aromatic heterocycles. The molecule has 0 radical (unpaired) electrons. The summed E-state index contributed by atoms with van der Waals surface area (Å²) in [5, 5.41) is 0. The van der Waals surface area contributed by atoms with Crippen LogP contribution in [0.25, 0.3) is 0 Å². The van der Waals surface area contributed by atoms with Crippen molar-refractivity contribution in [1.82, 2.24) is 0 Å². The fourth-order valence-electron chi connectivity index (χ4n) is 1.44. The van der Waals surface area contributed by atoms with Crippen molar-refractivity contribution in [2.75, 3.05) is 6.61 Å². The normalized spacial score (nSPS) is 9.78. The maximum atomic E-state index is 11.4. The molecule has 0 spiro atoms.